The Labute approximate surface area is 170 Å². The second-order valence-electron chi connectivity index (χ2n) is 8.69. The Morgan fingerprint density at radius 2 is 1.81 bits per heavy atom. The smallest absolute Gasteiger partial charge is 0.239 e. The van der Waals surface area contributed by atoms with Crippen LogP contribution >= 0.6 is 31.9 Å². The summed E-state index contributed by atoms with van der Waals surface area (Å²) in [6.07, 6.45) is 5.23. The largest absolute Gasteiger partial charge is 0.369 e. The molecular formula is C20H22Br2N2O2. The second kappa shape index (κ2) is 5.81. The topological polar surface area (TPSA) is 63.4 Å². The van der Waals surface area contributed by atoms with Crippen molar-refractivity contribution >= 4 is 43.7 Å². The molecule has 0 spiro atoms. The number of nitrogens with zero attached hydrogens (tertiary/aromatic N) is 1. The summed E-state index contributed by atoms with van der Waals surface area (Å²) in [5, 5.41) is 0. The first-order chi connectivity index (χ1) is 12.4. The van der Waals surface area contributed by atoms with E-state index in [9.17, 15) is 9.59 Å². The van der Waals surface area contributed by atoms with Crippen molar-refractivity contribution in [2.45, 2.75) is 49.0 Å². The molecule has 5 fully saturated rings. The van der Waals surface area contributed by atoms with Gasteiger partial charge in [-0.1, -0.05) is 50.1 Å². The fourth-order valence-electron chi connectivity index (χ4n) is 6.66. The average molecular weight is 482 g/mol. The predicted octanol–water partition coefficient (Wildman–Crippen LogP) is 3.78. The molecule has 2 N–H and O–H groups in total. The van der Waals surface area contributed by atoms with Crippen LogP contribution in [0.1, 0.15) is 43.7 Å². The lowest BCUT2D eigenvalue weighted by Gasteiger charge is -2.65. The molecule has 5 aliphatic rings. The zero-order valence-corrected chi connectivity index (χ0v) is 17.6. The van der Waals surface area contributed by atoms with E-state index in [-0.39, 0.29) is 28.7 Å². The van der Waals surface area contributed by atoms with Gasteiger partial charge in [-0.25, -0.2) is 0 Å². The lowest BCUT2D eigenvalue weighted by molar-refractivity contribution is -0.185. The number of nitrogens with two attached hydrogens (primary N) is 1. The van der Waals surface area contributed by atoms with Crippen molar-refractivity contribution in [3.63, 3.8) is 0 Å². The number of β-lactam (4-membered cyclic amide) rings is 1. The van der Waals surface area contributed by atoms with Gasteiger partial charge in [0.2, 0.25) is 11.8 Å². The third kappa shape index (κ3) is 2.17. The van der Waals surface area contributed by atoms with E-state index in [4.69, 9.17) is 5.73 Å². The zero-order valence-electron chi connectivity index (χ0n) is 14.4. The van der Waals surface area contributed by atoms with Gasteiger partial charge < -0.3 is 10.6 Å². The van der Waals surface area contributed by atoms with Gasteiger partial charge >= 0.3 is 0 Å². The molecule has 138 valence electrons. The van der Waals surface area contributed by atoms with Crippen LogP contribution in [-0.4, -0.2) is 27.6 Å². The highest BCUT2D eigenvalue weighted by Gasteiger charge is 2.66. The number of benzene rings is 1. The normalized spacial score (nSPS) is 43.5. The molecule has 1 aromatic carbocycles. The van der Waals surface area contributed by atoms with E-state index in [2.05, 4.69) is 37.9 Å². The molecule has 4 nitrogen and oxygen atoms in total. The van der Waals surface area contributed by atoms with Crippen LogP contribution in [0.25, 0.3) is 0 Å². The Morgan fingerprint density at radius 3 is 2.42 bits per heavy atom. The molecule has 6 heteroatoms. The maximum atomic E-state index is 13.0. The first kappa shape index (κ1) is 17.2. The van der Waals surface area contributed by atoms with E-state index in [0.717, 1.165) is 35.7 Å². The summed E-state index contributed by atoms with van der Waals surface area (Å²) in [7, 11) is 0. The highest BCUT2D eigenvalue weighted by molar-refractivity contribution is 9.10. The molecule has 1 aromatic rings. The van der Waals surface area contributed by atoms with Crippen molar-refractivity contribution in [1.29, 1.82) is 0 Å². The molecule has 6 rings (SSSR count). The van der Waals surface area contributed by atoms with Gasteiger partial charge in [-0.3, -0.25) is 9.59 Å². The van der Waals surface area contributed by atoms with Crippen LogP contribution in [0.15, 0.2) is 28.7 Å². The molecule has 4 aliphatic carbocycles. The Balaban J connectivity index is 1.58. The van der Waals surface area contributed by atoms with Gasteiger partial charge in [0.25, 0.3) is 0 Å². The molecule has 0 aromatic heterocycles. The minimum Gasteiger partial charge on any atom is -0.369 e. The fraction of sp³-hybridized carbons (Fsp3) is 0.600. The number of hydrogen-bond acceptors (Lipinski definition) is 2. The molecular weight excluding hydrogens is 460 g/mol. The maximum Gasteiger partial charge on any atom is 0.239 e. The van der Waals surface area contributed by atoms with E-state index in [0.29, 0.717) is 17.8 Å². The van der Waals surface area contributed by atoms with Crippen molar-refractivity contribution in [2.24, 2.45) is 28.9 Å². The summed E-state index contributed by atoms with van der Waals surface area (Å²) in [4.78, 5) is 27.4. The number of alkyl halides is 1. The summed E-state index contributed by atoms with van der Waals surface area (Å²) >= 11 is 7.24. The number of halogens is 2. The molecule has 4 saturated carbocycles. The van der Waals surface area contributed by atoms with Crippen molar-refractivity contribution in [3.05, 3.63) is 34.3 Å². The summed E-state index contributed by atoms with van der Waals surface area (Å²) in [6.45, 7) is 0. The Kier molecular flexibility index (Phi) is 3.85. The van der Waals surface area contributed by atoms with E-state index in [1.165, 1.54) is 6.42 Å². The number of carbonyl (C=O) groups is 2. The molecule has 26 heavy (non-hydrogen) atoms. The molecule has 5 atom stereocenters. The highest BCUT2D eigenvalue weighted by atomic mass is 79.9. The van der Waals surface area contributed by atoms with E-state index < -0.39 is 5.41 Å². The second-order valence-corrected chi connectivity index (χ2v) is 10.5. The van der Waals surface area contributed by atoms with Crippen LogP contribution in [0.2, 0.25) is 0 Å². The van der Waals surface area contributed by atoms with Crippen LogP contribution < -0.4 is 5.73 Å². The minimum absolute atomic E-state index is 0.0446. The van der Waals surface area contributed by atoms with E-state index in [1.54, 1.807) is 0 Å². The number of likely N-dealkylation sites (tertiary alicyclic amines) is 1. The number of primary amides is 1. The van der Waals surface area contributed by atoms with Crippen LogP contribution in [0.3, 0.4) is 0 Å². The van der Waals surface area contributed by atoms with Crippen LogP contribution in [0.5, 0.6) is 0 Å². The summed E-state index contributed by atoms with van der Waals surface area (Å²) in [5.74, 6) is 1.52. The van der Waals surface area contributed by atoms with Gasteiger partial charge in [0.15, 0.2) is 0 Å². The van der Waals surface area contributed by atoms with Gasteiger partial charge in [-0.2, -0.15) is 0 Å². The highest BCUT2D eigenvalue weighted by Crippen LogP contribution is 2.63. The van der Waals surface area contributed by atoms with Gasteiger partial charge in [-0.05, 0) is 61.5 Å². The number of amides is 2. The molecule has 0 radical (unpaired) electrons. The zero-order chi connectivity index (χ0) is 18.2. The third-order valence-electron chi connectivity index (χ3n) is 7.34. The summed E-state index contributed by atoms with van der Waals surface area (Å²) in [6, 6.07) is 7.96. The third-order valence-corrected chi connectivity index (χ3v) is 8.95. The molecule has 1 heterocycles. The first-order valence-corrected chi connectivity index (χ1v) is 11.1. The average Bonchev–Trinajstić information content (AvgIpc) is 2.60. The van der Waals surface area contributed by atoms with Crippen LogP contribution in [-0.2, 0) is 9.59 Å². The Hall–Kier alpha value is -0.880. The molecule has 1 aliphatic heterocycles. The lowest BCUT2D eigenvalue weighted by Crippen LogP contribution is -2.72. The predicted molar refractivity (Wildman–Crippen MR) is 105 cm³/mol. The van der Waals surface area contributed by atoms with Gasteiger partial charge in [0.05, 0.1) is 11.5 Å². The number of rotatable bonds is 3. The van der Waals surface area contributed by atoms with Gasteiger partial charge in [0, 0.05) is 10.5 Å². The first-order valence-electron chi connectivity index (χ1n) is 9.43. The molecule has 2 amide bonds. The number of hydrogen-bond donors (Lipinski definition) is 1. The van der Waals surface area contributed by atoms with Gasteiger partial charge in [-0.15, -0.1) is 0 Å². The van der Waals surface area contributed by atoms with E-state index >= 15 is 0 Å². The quantitative estimate of drug-likeness (QED) is 0.527. The van der Waals surface area contributed by atoms with Crippen molar-refractivity contribution in [3.8, 4) is 0 Å². The van der Waals surface area contributed by atoms with Gasteiger partial charge in [0.1, 0.15) is 4.83 Å². The lowest BCUT2D eigenvalue weighted by atomic mass is 9.46. The Bertz CT molecular complexity index is 784. The van der Waals surface area contributed by atoms with Crippen molar-refractivity contribution in [1.82, 2.24) is 4.90 Å². The molecule has 5 unspecified atom stereocenters. The fourth-order valence-corrected chi connectivity index (χ4v) is 7.96. The summed E-state index contributed by atoms with van der Waals surface area (Å²) in [5.41, 5.74) is 6.56. The SMILES string of the molecule is NC(=O)C12CC3CC(CC(C3)C1N1C(=O)C(Br)C1c1ccccc1Br)C2. The number of carbonyl (C=O) groups excluding carboxylic acids is 2. The standard InChI is InChI=1S/C20H22Br2N2O2/c21-14-4-2-1-3-13(14)16-15(22)18(25)24(16)17-12-6-10-5-11(7-12)9-20(17,8-10)19(23)26/h1-4,10-12,15-17H,5-9H2,(H2,23,26). The minimum atomic E-state index is -0.531. The molecule has 1 saturated heterocycles. The van der Waals surface area contributed by atoms with Crippen LogP contribution in [0, 0.1) is 23.2 Å². The monoisotopic (exact) mass is 480 g/mol. The maximum absolute atomic E-state index is 13.0. The van der Waals surface area contributed by atoms with Crippen LogP contribution in [0.4, 0.5) is 0 Å². The molecule has 4 bridgehead atoms. The van der Waals surface area contributed by atoms with Crippen molar-refractivity contribution < 1.29 is 9.59 Å². The Morgan fingerprint density at radius 1 is 1.15 bits per heavy atom. The van der Waals surface area contributed by atoms with E-state index in [1.807, 2.05) is 23.1 Å². The van der Waals surface area contributed by atoms with Crippen molar-refractivity contribution in [2.75, 3.05) is 0 Å². The summed E-state index contributed by atoms with van der Waals surface area (Å²) < 4.78 is 1.00.